The third-order valence-electron chi connectivity index (χ3n) is 6.87. The van der Waals surface area contributed by atoms with E-state index in [2.05, 4.69) is 22.0 Å². The second-order valence-electron chi connectivity index (χ2n) is 8.86. The maximum absolute atomic E-state index is 13.5. The van der Waals surface area contributed by atoms with Gasteiger partial charge < -0.3 is 9.72 Å². The van der Waals surface area contributed by atoms with Crippen LogP contribution >= 0.6 is 0 Å². The van der Waals surface area contributed by atoms with E-state index >= 15 is 0 Å². The van der Waals surface area contributed by atoms with Crippen LogP contribution in [0.4, 0.5) is 13.2 Å². The molecule has 0 aliphatic carbocycles. The number of aromatic nitrogens is 1. The first kappa shape index (κ1) is 22.5. The van der Waals surface area contributed by atoms with Gasteiger partial charge in [-0.25, -0.2) is 0 Å². The first-order chi connectivity index (χ1) is 16.5. The lowest BCUT2D eigenvalue weighted by Gasteiger charge is -2.33. The van der Waals surface area contributed by atoms with E-state index in [1.807, 2.05) is 36.4 Å². The Bertz CT molecular complexity index is 1290. The number of ether oxygens (including phenoxy) is 1. The van der Waals surface area contributed by atoms with Gasteiger partial charge in [-0.15, -0.1) is 0 Å². The Balaban J connectivity index is 1.41. The van der Waals surface area contributed by atoms with Crippen LogP contribution in [0.2, 0.25) is 0 Å². The van der Waals surface area contributed by atoms with Crippen LogP contribution in [0.25, 0.3) is 22.2 Å². The molecular formula is C28H27F3N2O. The second-order valence-corrected chi connectivity index (χ2v) is 8.86. The van der Waals surface area contributed by atoms with Crippen LogP contribution < -0.4 is 4.74 Å². The molecule has 1 aromatic heterocycles. The summed E-state index contributed by atoms with van der Waals surface area (Å²) < 4.78 is 46.2. The molecule has 34 heavy (non-hydrogen) atoms. The fraction of sp³-hybridized carbons (Fsp3) is 0.286. The summed E-state index contributed by atoms with van der Waals surface area (Å²) >= 11 is 0. The summed E-state index contributed by atoms with van der Waals surface area (Å²) in [5.74, 6) is 0.725. The number of fused-ring (bicyclic) bond motifs is 1. The highest BCUT2D eigenvalue weighted by molar-refractivity contribution is 5.91. The molecule has 5 rings (SSSR count). The van der Waals surface area contributed by atoms with E-state index in [1.165, 1.54) is 17.7 Å². The van der Waals surface area contributed by atoms with E-state index < -0.39 is 11.7 Å². The molecule has 2 heterocycles. The zero-order valence-electron chi connectivity index (χ0n) is 19.0. The number of nitrogens with one attached hydrogen (secondary N) is 1. The van der Waals surface area contributed by atoms with Crippen molar-refractivity contribution in [2.45, 2.75) is 31.5 Å². The number of piperidine rings is 1. The minimum atomic E-state index is -4.32. The van der Waals surface area contributed by atoms with Crippen molar-refractivity contribution in [1.29, 1.82) is 0 Å². The van der Waals surface area contributed by atoms with Gasteiger partial charge in [0.05, 0.1) is 18.4 Å². The molecule has 6 heteroatoms. The van der Waals surface area contributed by atoms with Gasteiger partial charge in [0.1, 0.15) is 5.75 Å². The Morgan fingerprint density at radius 2 is 1.59 bits per heavy atom. The summed E-state index contributed by atoms with van der Waals surface area (Å²) in [5, 5.41) is 1.16. The van der Waals surface area contributed by atoms with Crippen molar-refractivity contribution in [3.05, 3.63) is 89.5 Å². The van der Waals surface area contributed by atoms with Gasteiger partial charge in [-0.1, -0.05) is 48.5 Å². The van der Waals surface area contributed by atoms with Crippen LogP contribution in [-0.4, -0.2) is 30.1 Å². The van der Waals surface area contributed by atoms with Crippen molar-refractivity contribution >= 4 is 10.9 Å². The van der Waals surface area contributed by atoms with E-state index in [0.717, 1.165) is 47.5 Å². The average molecular weight is 465 g/mol. The first-order valence-electron chi connectivity index (χ1n) is 11.6. The lowest BCUT2D eigenvalue weighted by molar-refractivity contribution is -0.138. The molecular weight excluding hydrogens is 437 g/mol. The first-order valence-corrected chi connectivity index (χ1v) is 11.6. The summed E-state index contributed by atoms with van der Waals surface area (Å²) in [6.07, 6.45) is -2.90. The number of aromatic amines is 1. The predicted molar refractivity (Wildman–Crippen MR) is 129 cm³/mol. The van der Waals surface area contributed by atoms with E-state index in [0.29, 0.717) is 18.4 Å². The van der Waals surface area contributed by atoms with Crippen molar-refractivity contribution in [1.82, 2.24) is 9.88 Å². The molecule has 3 aromatic carbocycles. The topological polar surface area (TPSA) is 28.3 Å². The van der Waals surface area contributed by atoms with Crippen molar-refractivity contribution in [3.8, 4) is 17.0 Å². The lowest BCUT2D eigenvalue weighted by Crippen LogP contribution is -2.33. The summed E-state index contributed by atoms with van der Waals surface area (Å²) in [6.45, 7) is 2.23. The number of nitrogens with zero attached hydrogens (tertiary/aromatic N) is 1. The van der Waals surface area contributed by atoms with Gasteiger partial charge in [0.2, 0.25) is 0 Å². The molecule has 1 saturated heterocycles. The van der Waals surface area contributed by atoms with E-state index in [1.54, 1.807) is 19.2 Å². The van der Waals surface area contributed by atoms with Crippen molar-refractivity contribution in [3.63, 3.8) is 0 Å². The molecule has 4 aromatic rings. The molecule has 1 fully saturated rings. The van der Waals surface area contributed by atoms with Gasteiger partial charge >= 0.3 is 6.18 Å². The quantitative estimate of drug-likeness (QED) is 0.337. The maximum Gasteiger partial charge on any atom is 0.416 e. The number of para-hydroxylation sites is 2. The molecule has 1 aliphatic rings. The monoisotopic (exact) mass is 464 g/mol. The molecule has 0 saturated carbocycles. The van der Waals surface area contributed by atoms with Gasteiger partial charge in [-0.05, 0) is 67.2 Å². The third-order valence-corrected chi connectivity index (χ3v) is 6.87. The lowest BCUT2D eigenvalue weighted by atomic mass is 9.86. The van der Waals surface area contributed by atoms with Gasteiger partial charge in [-0.2, -0.15) is 13.2 Å². The molecule has 0 spiro atoms. The predicted octanol–water partition coefficient (Wildman–Crippen LogP) is 7.24. The van der Waals surface area contributed by atoms with Crippen molar-refractivity contribution < 1.29 is 17.9 Å². The number of H-pyrrole nitrogens is 1. The SMILES string of the molecule is COc1ccccc1-c1[nH]c2ccccc2c1CN1CCC(c2ccccc2C(F)(F)F)CC1. The molecule has 1 aliphatic heterocycles. The smallest absolute Gasteiger partial charge is 0.416 e. The Morgan fingerprint density at radius 3 is 2.35 bits per heavy atom. The molecule has 0 radical (unpaired) electrons. The number of rotatable bonds is 5. The van der Waals surface area contributed by atoms with Crippen molar-refractivity contribution in [2.75, 3.05) is 20.2 Å². The van der Waals surface area contributed by atoms with Crippen LogP contribution in [0.1, 0.15) is 35.4 Å². The van der Waals surface area contributed by atoms with Gasteiger partial charge in [0.15, 0.2) is 0 Å². The molecule has 3 nitrogen and oxygen atoms in total. The van der Waals surface area contributed by atoms with Crippen LogP contribution in [0.3, 0.4) is 0 Å². The number of halogens is 3. The van der Waals surface area contributed by atoms with Crippen LogP contribution in [0.5, 0.6) is 5.75 Å². The Hall–Kier alpha value is -3.25. The van der Waals surface area contributed by atoms with Gasteiger partial charge in [0.25, 0.3) is 0 Å². The summed E-state index contributed by atoms with van der Waals surface area (Å²) in [6, 6.07) is 22.2. The van der Waals surface area contributed by atoms with Crippen LogP contribution in [0, 0.1) is 0 Å². The largest absolute Gasteiger partial charge is 0.496 e. The number of hydrogen-bond donors (Lipinski definition) is 1. The Kier molecular flexibility index (Phi) is 6.09. The summed E-state index contributed by atoms with van der Waals surface area (Å²) in [7, 11) is 1.67. The standard InChI is InChI=1S/C28H27F3N2O/c1-34-26-13-7-4-10-22(26)27-23(21-9-3-6-12-25(21)32-27)18-33-16-14-19(15-17-33)20-8-2-5-11-24(20)28(29,30)31/h2-13,19,32H,14-18H2,1H3. The van der Waals surface area contributed by atoms with Gasteiger partial charge in [0, 0.05) is 23.0 Å². The molecule has 0 unspecified atom stereocenters. The minimum absolute atomic E-state index is 0.0780. The zero-order chi connectivity index (χ0) is 23.7. The number of likely N-dealkylation sites (tertiary alicyclic amines) is 1. The highest BCUT2D eigenvalue weighted by Crippen LogP contribution is 2.40. The molecule has 0 atom stereocenters. The van der Waals surface area contributed by atoms with Crippen LogP contribution in [0.15, 0.2) is 72.8 Å². The number of methoxy groups -OCH3 is 1. The molecule has 1 N–H and O–H groups in total. The summed E-state index contributed by atoms with van der Waals surface area (Å²) in [5.41, 5.74) is 4.22. The normalized spacial score (nSPS) is 15.6. The zero-order valence-corrected chi connectivity index (χ0v) is 19.0. The Morgan fingerprint density at radius 1 is 0.912 bits per heavy atom. The minimum Gasteiger partial charge on any atom is -0.496 e. The summed E-state index contributed by atoms with van der Waals surface area (Å²) in [4.78, 5) is 5.92. The highest BCUT2D eigenvalue weighted by atomic mass is 19.4. The maximum atomic E-state index is 13.5. The number of alkyl halides is 3. The number of benzene rings is 3. The van der Waals surface area contributed by atoms with E-state index in [9.17, 15) is 13.2 Å². The van der Waals surface area contributed by atoms with E-state index in [-0.39, 0.29) is 5.92 Å². The third kappa shape index (κ3) is 4.30. The van der Waals surface area contributed by atoms with E-state index in [4.69, 9.17) is 4.74 Å². The fourth-order valence-corrected chi connectivity index (χ4v) is 5.18. The fourth-order valence-electron chi connectivity index (χ4n) is 5.18. The average Bonchev–Trinajstić information content (AvgIpc) is 3.22. The molecule has 0 bridgehead atoms. The van der Waals surface area contributed by atoms with Crippen molar-refractivity contribution in [2.24, 2.45) is 0 Å². The van der Waals surface area contributed by atoms with Crippen LogP contribution in [-0.2, 0) is 12.7 Å². The second kappa shape index (κ2) is 9.18. The highest BCUT2D eigenvalue weighted by Gasteiger charge is 2.35. The Labute approximate surface area is 197 Å². The molecule has 176 valence electrons. The number of hydrogen-bond acceptors (Lipinski definition) is 2. The van der Waals surface area contributed by atoms with Gasteiger partial charge in [-0.3, -0.25) is 4.90 Å². The molecule has 0 amide bonds.